The van der Waals surface area contributed by atoms with Crippen molar-refractivity contribution in [2.45, 2.75) is 19.9 Å². The molecule has 1 amide bonds. The van der Waals surface area contributed by atoms with Crippen molar-refractivity contribution in [1.82, 2.24) is 10.3 Å². The molecule has 104 valence electrons. The SMILES string of the molecule is Cc1ccc(C(C)NC(=O)c2ccnc(N)c2)cc1F. The maximum Gasteiger partial charge on any atom is 0.251 e. The van der Waals surface area contributed by atoms with E-state index in [9.17, 15) is 9.18 Å². The third-order valence-electron chi connectivity index (χ3n) is 3.09. The lowest BCUT2D eigenvalue weighted by Gasteiger charge is -2.15. The number of hydrogen-bond acceptors (Lipinski definition) is 3. The van der Waals surface area contributed by atoms with Crippen LogP contribution in [0.25, 0.3) is 0 Å². The van der Waals surface area contributed by atoms with Crippen molar-refractivity contribution in [1.29, 1.82) is 0 Å². The molecule has 4 nitrogen and oxygen atoms in total. The van der Waals surface area contributed by atoms with Crippen LogP contribution < -0.4 is 11.1 Å². The number of halogens is 1. The van der Waals surface area contributed by atoms with Crippen molar-refractivity contribution >= 4 is 11.7 Å². The summed E-state index contributed by atoms with van der Waals surface area (Å²) < 4.78 is 13.5. The highest BCUT2D eigenvalue weighted by Gasteiger charge is 2.13. The molecule has 2 rings (SSSR count). The molecular weight excluding hydrogens is 257 g/mol. The van der Waals surface area contributed by atoms with Crippen LogP contribution in [0.2, 0.25) is 0 Å². The summed E-state index contributed by atoms with van der Waals surface area (Å²) >= 11 is 0. The zero-order valence-electron chi connectivity index (χ0n) is 11.4. The normalized spacial score (nSPS) is 11.9. The molecule has 0 fully saturated rings. The van der Waals surface area contributed by atoms with Gasteiger partial charge in [-0.05, 0) is 43.2 Å². The Labute approximate surface area is 116 Å². The number of aryl methyl sites for hydroxylation is 1. The Morgan fingerprint density at radius 2 is 2.10 bits per heavy atom. The Morgan fingerprint density at radius 1 is 1.35 bits per heavy atom. The Kier molecular flexibility index (Phi) is 3.98. The lowest BCUT2D eigenvalue weighted by atomic mass is 10.1. The largest absolute Gasteiger partial charge is 0.384 e. The van der Waals surface area contributed by atoms with Crippen LogP contribution in [0.4, 0.5) is 10.2 Å². The molecule has 0 saturated carbocycles. The van der Waals surface area contributed by atoms with Gasteiger partial charge in [-0.15, -0.1) is 0 Å². The lowest BCUT2D eigenvalue weighted by molar-refractivity contribution is 0.0939. The number of nitrogens with two attached hydrogens (primary N) is 1. The molecule has 20 heavy (non-hydrogen) atoms. The van der Waals surface area contributed by atoms with Crippen molar-refractivity contribution in [3.8, 4) is 0 Å². The van der Waals surface area contributed by atoms with Crippen LogP contribution in [0.1, 0.15) is 34.5 Å². The molecule has 0 saturated heterocycles. The zero-order valence-corrected chi connectivity index (χ0v) is 11.4. The average Bonchev–Trinajstić information content (AvgIpc) is 2.41. The molecule has 1 aromatic carbocycles. The molecule has 2 aromatic rings. The van der Waals surface area contributed by atoms with E-state index >= 15 is 0 Å². The number of benzene rings is 1. The minimum absolute atomic E-state index is 0.271. The molecule has 1 heterocycles. The van der Waals surface area contributed by atoms with Crippen molar-refractivity contribution in [2.24, 2.45) is 0 Å². The number of nitrogens with one attached hydrogen (secondary N) is 1. The molecule has 1 atom stereocenters. The van der Waals surface area contributed by atoms with Gasteiger partial charge in [-0.25, -0.2) is 9.37 Å². The zero-order chi connectivity index (χ0) is 14.7. The number of amides is 1. The summed E-state index contributed by atoms with van der Waals surface area (Å²) in [5.41, 5.74) is 7.25. The summed E-state index contributed by atoms with van der Waals surface area (Å²) in [4.78, 5) is 15.9. The molecule has 0 bridgehead atoms. The second-order valence-electron chi connectivity index (χ2n) is 4.67. The number of nitrogens with zero attached hydrogens (tertiary/aromatic N) is 1. The van der Waals surface area contributed by atoms with Gasteiger partial charge in [-0.3, -0.25) is 4.79 Å². The Balaban J connectivity index is 2.13. The number of carbonyl (C=O) groups excluding carboxylic acids is 1. The van der Waals surface area contributed by atoms with Gasteiger partial charge in [-0.1, -0.05) is 12.1 Å². The second-order valence-corrected chi connectivity index (χ2v) is 4.67. The molecule has 3 N–H and O–H groups in total. The van der Waals surface area contributed by atoms with E-state index in [0.29, 0.717) is 16.7 Å². The number of carbonyl (C=O) groups is 1. The number of aromatic nitrogens is 1. The average molecular weight is 273 g/mol. The molecule has 0 radical (unpaired) electrons. The molecule has 5 heteroatoms. The number of hydrogen-bond donors (Lipinski definition) is 2. The third-order valence-corrected chi connectivity index (χ3v) is 3.09. The van der Waals surface area contributed by atoms with Crippen LogP contribution in [-0.4, -0.2) is 10.9 Å². The Hall–Kier alpha value is -2.43. The van der Waals surface area contributed by atoms with Crippen LogP contribution in [0, 0.1) is 12.7 Å². The van der Waals surface area contributed by atoms with Gasteiger partial charge in [0, 0.05) is 11.8 Å². The Morgan fingerprint density at radius 3 is 2.75 bits per heavy atom. The van der Waals surface area contributed by atoms with Crippen molar-refractivity contribution in [3.63, 3.8) is 0 Å². The highest BCUT2D eigenvalue weighted by Crippen LogP contribution is 2.17. The van der Waals surface area contributed by atoms with Crippen LogP contribution in [0.15, 0.2) is 36.5 Å². The standard InChI is InChI=1S/C15H16FN3O/c1-9-3-4-11(7-13(9)16)10(2)19-15(20)12-5-6-18-14(17)8-12/h3-8,10H,1-2H3,(H2,17,18)(H,19,20). The van der Waals surface area contributed by atoms with E-state index in [1.165, 1.54) is 18.3 Å². The fourth-order valence-corrected chi connectivity index (χ4v) is 1.83. The molecule has 0 spiro atoms. The van der Waals surface area contributed by atoms with E-state index in [4.69, 9.17) is 5.73 Å². The first-order valence-electron chi connectivity index (χ1n) is 6.26. The van der Waals surface area contributed by atoms with Crippen LogP contribution >= 0.6 is 0 Å². The van der Waals surface area contributed by atoms with E-state index < -0.39 is 0 Å². The van der Waals surface area contributed by atoms with Gasteiger partial charge in [0.2, 0.25) is 0 Å². The van der Waals surface area contributed by atoms with Crippen LogP contribution in [0.3, 0.4) is 0 Å². The first kappa shape index (κ1) is 14.0. The number of nitrogen functional groups attached to an aromatic ring is 1. The summed E-state index contributed by atoms with van der Waals surface area (Å²) in [7, 11) is 0. The van der Waals surface area contributed by atoms with Gasteiger partial charge < -0.3 is 11.1 Å². The van der Waals surface area contributed by atoms with Gasteiger partial charge in [0.15, 0.2) is 0 Å². The monoisotopic (exact) mass is 273 g/mol. The van der Waals surface area contributed by atoms with Gasteiger partial charge in [0.05, 0.1) is 6.04 Å². The summed E-state index contributed by atoms with van der Waals surface area (Å²) in [5, 5.41) is 2.80. The Bertz CT molecular complexity index is 643. The first-order chi connectivity index (χ1) is 9.47. The molecule has 0 aliphatic carbocycles. The quantitative estimate of drug-likeness (QED) is 0.903. The molecular formula is C15H16FN3O. The van der Waals surface area contributed by atoms with E-state index in [2.05, 4.69) is 10.3 Å². The number of pyridine rings is 1. The minimum atomic E-state index is -0.299. The summed E-state index contributed by atoms with van der Waals surface area (Å²) in [6.45, 7) is 3.49. The van der Waals surface area contributed by atoms with Crippen LogP contribution in [0.5, 0.6) is 0 Å². The van der Waals surface area contributed by atoms with Gasteiger partial charge in [0.25, 0.3) is 5.91 Å². The molecule has 1 aromatic heterocycles. The van der Waals surface area contributed by atoms with E-state index in [-0.39, 0.29) is 23.6 Å². The van der Waals surface area contributed by atoms with Crippen molar-refractivity contribution < 1.29 is 9.18 Å². The lowest BCUT2D eigenvalue weighted by Crippen LogP contribution is -2.26. The maximum atomic E-state index is 13.5. The van der Waals surface area contributed by atoms with E-state index in [1.807, 2.05) is 0 Å². The minimum Gasteiger partial charge on any atom is -0.384 e. The highest BCUT2D eigenvalue weighted by molar-refractivity contribution is 5.94. The first-order valence-corrected chi connectivity index (χ1v) is 6.26. The fraction of sp³-hybridized carbons (Fsp3) is 0.200. The summed E-state index contributed by atoms with van der Waals surface area (Å²) in [6, 6.07) is 7.70. The van der Waals surface area contributed by atoms with Gasteiger partial charge in [0.1, 0.15) is 11.6 Å². The van der Waals surface area contributed by atoms with Crippen molar-refractivity contribution in [2.75, 3.05) is 5.73 Å². The molecule has 0 aliphatic rings. The number of rotatable bonds is 3. The second kappa shape index (κ2) is 5.69. The smallest absolute Gasteiger partial charge is 0.251 e. The fourth-order valence-electron chi connectivity index (χ4n) is 1.83. The predicted molar refractivity (Wildman–Crippen MR) is 75.7 cm³/mol. The van der Waals surface area contributed by atoms with E-state index in [0.717, 1.165) is 0 Å². The van der Waals surface area contributed by atoms with Gasteiger partial charge in [-0.2, -0.15) is 0 Å². The maximum absolute atomic E-state index is 13.5. The van der Waals surface area contributed by atoms with Crippen molar-refractivity contribution in [3.05, 3.63) is 59.0 Å². The van der Waals surface area contributed by atoms with Crippen LogP contribution in [-0.2, 0) is 0 Å². The topological polar surface area (TPSA) is 68.0 Å². The molecule has 1 unspecified atom stereocenters. The summed E-state index contributed by atoms with van der Waals surface area (Å²) in [6.07, 6.45) is 1.47. The summed E-state index contributed by atoms with van der Waals surface area (Å²) in [5.74, 6) is -0.268. The molecule has 0 aliphatic heterocycles. The third kappa shape index (κ3) is 3.12. The van der Waals surface area contributed by atoms with E-state index in [1.54, 1.807) is 32.0 Å². The van der Waals surface area contributed by atoms with Gasteiger partial charge >= 0.3 is 0 Å². The highest BCUT2D eigenvalue weighted by atomic mass is 19.1. The predicted octanol–water partition coefficient (Wildman–Crippen LogP) is 2.60. The number of anilines is 1.